The van der Waals surface area contributed by atoms with E-state index in [1.807, 2.05) is 0 Å². The van der Waals surface area contributed by atoms with Crippen molar-refractivity contribution in [2.75, 3.05) is 0 Å². The monoisotopic (exact) mass is 259 g/mol. The fraction of sp³-hybridized carbons (Fsp3) is 0. The molecule has 0 aliphatic carbocycles. The van der Waals surface area contributed by atoms with Gasteiger partial charge in [-0.1, -0.05) is 0 Å². The zero-order chi connectivity index (χ0) is 2.71. The first-order valence-electron chi connectivity index (χ1n) is 0.494. The van der Waals surface area contributed by atoms with Gasteiger partial charge in [-0.3, -0.25) is 4.57 Å². The van der Waals surface area contributed by atoms with Gasteiger partial charge in [-0.15, -0.1) is 0 Å². The van der Waals surface area contributed by atoms with E-state index in [-0.39, 0.29) is 20.1 Å². The Balaban J connectivity index is 0. The van der Waals surface area contributed by atoms with E-state index >= 15 is 0 Å². The van der Waals surface area contributed by atoms with Crippen LogP contribution in [0.3, 0.4) is 0 Å². The molecule has 0 aliphatic heterocycles. The maximum absolute atomic E-state index is 8.57. The largest absolute Gasteiger partial charge is 0.348 e. The normalized spacial score (nSPS) is 7.25. The van der Waals surface area contributed by atoms with Gasteiger partial charge in [0.2, 0.25) is 0 Å². The number of hydrogen-bond donors (Lipinski definition) is 1. The molecule has 4 heavy (non-hydrogen) atoms. The van der Waals surface area contributed by atoms with Gasteiger partial charge in [-0.25, -0.2) is 0 Å². The van der Waals surface area contributed by atoms with E-state index < -0.39 is 8.69 Å². The first kappa shape index (κ1) is 8.85. The van der Waals surface area contributed by atoms with Crippen LogP contribution in [-0.2, 0) is 24.7 Å². The van der Waals surface area contributed by atoms with Crippen molar-refractivity contribution in [3.8, 4) is 0 Å². The van der Waals surface area contributed by atoms with Gasteiger partial charge in [-0.05, 0) is 0 Å². The molecule has 0 saturated carbocycles. The predicted molar refractivity (Wildman–Crippen MR) is 12.6 cm³/mol. The zero-order valence-electron chi connectivity index (χ0n) is 1.77. The SMILES string of the molecule is O=[PH2]O.[Ir]. The van der Waals surface area contributed by atoms with Gasteiger partial charge in [0.1, 0.15) is 0 Å². The molecule has 1 unspecified atom stereocenters. The molecule has 0 aromatic rings. The van der Waals surface area contributed by atoms with Crippen molar-refractivity contribution in [2.24, 2.45) is 0 Å². The number of hydrogen-bond acceptors (Lipinski definition) is 1. The van der Waals surface area contributed by atoms with Crippen LogP contribution in [0.25, 0.3) is 0 Å². The molecule has 0 spiro atoms. The minimum atomic E-state index is -1.50. The molecule has 1 radical (unpaired) electrons. The van der Waals surface area contributed by atoms with Gasteiger partial charge in [0.05, 0.1) is 0 Å². The average Bonchev–Trinajstić information content (AvgIpc) is 0.918. The quantitative estimate of drug-likeness (QED) is 0.603. The van der Waals surface area contributed by atoms with Crippen molar-refractivity contribution in [3.63, 3.8) is 0 Å². The fourth-order valence-electron chi connectivity index (χ4n) is 0. The molecule has 0 bridgehead atoms. The van der Waals surface area contributed by atoms with Gasteiger partial charge in [-0.2, -0.15) is 0 Å². The number of rotatable bonds is 0. The molecule has 0 fully saturated rings. The summed E-state index contributed by atoms with van der Waals surface area (Å²) in [7, 11) is -1.50. The molecule has 4 heteroatoms. The standard InChI is InChI=1S/Ir.H3O2P/c;1-3-2/h;3H2,(H,1,2). The van der Waals surface area contributed by atoms with Crippen LogP contribution >= 0.6 is 8.69 Å². The fourth-order valence-corrected chi connectivity index (χ4v) is 0. The van der Waals surface area contributed by atoms with Crippen molar-refractivity contribution in [2.45, 2.75) is 0 Å². The van der Waals surface area contributed by atoms with Crippen molar-refractivity contribution < 1.29 is 29.6 Å². The van der Waals surface area contributed by atoms with E-state index in [0.717, 1.165) is 0 Å². The second-order valence-corrected chi connectivity index (χ2v) is 0.316. The van der Waals surface area contributed by atoms with Gasteiger partial charge >= 0.3 is 0 Å². The molecule has 29 valence electrons. The van der Waals surface area contributed by atoms with E-state index in [1.165, 1.54) is 0 Å². The Labute approximate surface area is 38.9 Å². The summed E-state index contributed by atoms with van der Waals surface area (Å²) in [6.07, 6.45) is 0. The Morgan fingerprint density at radius 1 is 1.75 bits per heavy atom. The summed E-state index contributed by atoms with van der Waals surface area (Å²) < 4.78 is 8.57. The molecular formula is H3IrO2P. The second-order valence-electron chi connectivity index (χ2n) is 0.105. The smallest absolute Gasteiger partial charge is 0.177 e. The minimum Gasteiger partial charge on any atom is -0.348 e. The van der Waals surface area contributed by atoms with Crippen LogP contribution in [-0.4, -0.2) is 4.89 Å². The van der Waals surface area contributed by atoms with E-state index in [4.69, 9.17) is 9.46 Å². The minimum absolute atomic E-state index is 0. The van der Waals surface area contributed by atoms with Crippen molar-refractivity contribution in [1.29, 1.82) is 0 Å². The molecule has 0 heterocycles. The van der Waals surface area contributed by atoms with Crippen LogP contribution < -0.4 is 0 Å². The van der Waals surface area contributed by atoms with Gasteiger partial charge < -0.3 is 4.89 Å². The van der Waals surface area contributed by atoms with E-state index in [0.29, 0.717) is 0 Å². The second kappa shape index (κ2) is 9.15. The third kappa shape index (κ3) is 13.6. The van der Waals surface area contributed by atoms with Crippen LogP contribution in [0, 0.1) is 0 Å². The first-order valence-corrected chi connectivity index (χ1v) is 1.48. The van der Waals surface area contributed by atoms with Crippen molar-refractivity contribution in [1.82, 2.24) is 0 Å². The molecule has 0 amide bonds. The molecule has 2 nitrogen and oxygen atoms in total. The topological polar surface area (TPSA) is 37.3 Å². The molecule has 1 atom stereocenters. The Morgan fingerprint density at radius 3 is 1.75 bits per heavy atom. The molecule has 0 rings (SSSR count). The van der Waals surface area contributed by atoms with E-state index in [2.05, 4.69) is 0 Å². The predicted octanol–water partition coefficient (Wildman–Crippen LogP) is -0.353. The maximum atomic E-state index is 8.57. The zero-order valence-corrected chi connectivity index (χ0v) is 5.32. The van der Waals surface area contributed by atoms with Gasteiger partial charge in [0.25, 0.3) is 0 Å². The Bertz CT molecular complexity index is 13.5. The van der Waals surface area contributed by atoms with Gasteiger partial charge in [0.15, 0.2) is 8.69 Å². The Morgan fingerprint density at radius 2 is 1.75 bits per heavy atom. The summed E-state index contributed by atoms with van der Waals surface area (Å²) in [6, 6.07) is 0. The summed E-state index contributed by atoms with van der Waals surface area (Å²) in [5, 5.41) is 0. The van der Waals surface area contributed by atoms with Crippen molar-refractivity contribution >= 4 is 8.69 Å². The van der Waals surface area contributed by atoms with E-state index in [9.17, 15) is 0 Å². The average molecular weight is 258 g/mol. The van der Waals surface area contributed by atoms with Crippen molar-refractivity contribution in [3.05, 3.63) is 0 Å². The first-order chi connectivity index (χ1) is 1.41. The van der Waals surface area contributed by atoms with Crippen LogP contribution in [0.2, 0.25) is 0 Å². The summed E-state index contributed by atoms with van der Waals surface area (Å²) in [4.78, 5) is 7.10. The van der Waals surface area contributed by atoms with Gasteiger partial charge in [0, 0.05) is 20.1 Å². The molecule has 0 aromatic heterocycles. The summed E-state index contributed by atoms with van der Waals surface area (Å²) in [6.45, 7) is 0. The summed E-state index contributed by atoms with van der Waals surface area (Å²) in [5.41, 5.74) is 0. The Hall–Kier alpha value is 0.839. The third-order valence-corrected chi connectivity index (χ3v) is 0. The van der Waals surface area contributed by atoms with Crippen LogP contribution in [0.15, 0.2) is 0 Å². The van der Waals surface area contributed by atoms with E-state index in [1.54, 1.807) is 0 Å². The molecule has 0 saturated heterocycles. The van der Waals surface area contributed by atoms with Crippen LogP contribution in [0.4, 0.5) is 0 Å². The third-order valence-electron chi connectivity index (χ3n) is 0. The summed E-state index contributed by atoms with van der Waals surface area (Å²) in [5.74, 6) is 0. The molecule has 1 N–H and O–H groups in total. The van der Waals surface area contributed by atoms with Crippen LogP contribution in [0.5, 0.6) is 0 Å². The molecule has 0 aromatic carbocycles. The maximum Gasteiger partial charge on any atom is 0.177 e. The molecule has 0 aliphatic rings. The summed E-state index contributed by atoms with van der Waals surface area (Å²) >= 11 is 0. The van der Waals surface area contributed by atoms with Crippen LogP contribution in [0.1, 0.15) is 0 Å². The Kier molecular flexibility index (Phi) is 20.2. The molecular weight excluding hydrogens is 255 g/mol.